The van der Waals surface area contributed by atoms with Gasteiger partial charge in [-0.2, -0.15) is 0 Å². The van der Waals surface area contributed by atoms with Crippen molar-refractivity contribution in [1.82, 2.24) is 26.1 Å². The summed E-state index contributed by atoms with van der Waals surface area (Å²) in [6, 6.07) is -0.615. The van der Waals surface area contributed by atoms with E-state index in [0.717, 1.165) is 24.4 Å². The summed E-state index contributed by atoms with van der Waals surface area (Å²) in [6.07, 6.45) is 2.92. The highest BCUT2D eigenvalue weighted by molar-refractivity contribution is 5.99. The van der Waals surface area contributed by atoms with Crippen LogP contribution in [0.15, 0.2) is 0 Å². The van der Waals surface area contributed by atoms with Crippen molar-refractivity contribution in [2.45, 2.75) is 43.3 Å². The second-order valence-corrected chi connectivity index (χ2v) is 6.83. The second kappa shape index (κ2) is 5.15. The fourth-order valence-electron chi connectivity index (χ4n) is 4.21. The second-order valence-electron chi connectivity index (χ2n) is 6.83. The molecule has 0 saturated carbocycles. The molecule has 0 aromatic carbocycles. The van der Waals surface area contributed by atoms with Gasteiger partial charge in [0.25, 0.3) is 11.8 Å². The number of β-lactam (4-membered cyclic amide) rings is 1. The highest BCUT2D eigenvalue weighted by Gasteiger charge is 2.77. The minimum absolute atomic E-state index is 0.122. The number of carbonyl (C=O) groups excluding carboxylic acids is 3. The van der Waals surface area contributed by atoms with Gasteiger partial charge in [0.15, 0.2) is 0 Å². The van der Waals surface area contributed by atoms with Crippen LogP contribution in [0, 0.1) is 5.92 Å². The zero-order chi connectivity index (χ0) is 16.2. The number of rotatable bonds is 2. The molecule has 4 N–H and O–H groups in total. The van der Waals surface area contributed by atoms with E-state index in [-0.39, 0.29) is 29.7 Å². The molecule has 2 unspecified atom stereocenters. The third-order valence-electron chi connectivity index (χ3n) is 5.61. The van der Waals surface area contributed by atoms with Gasteiger partial charge in [0.2, 0.25) is 5.91 Å². The summed E-state index contributed by atoms with van der Waals surface area (Å²) in [5.41, 5.74) is 4.33. The van der Waals surface area contributed by atoms with Gasteiger partial charge in [-0.3, -0.25) is 35.3 Å². The Kier molecular flexibility index (Phi) is 3.33. The largest absolute Gasteiger partial charge is 0.316 e. The lowest BCUT2D eigenvalue weighted by molar-refractivity contribution is -0.222. The third-order valence-corrected chi connectivity index (χ3v) is 5.61. The molecule has 4 rings (SSSR count). The first kappa shape index (κ1) is 14.9. The van der Waals surface area contributed by atoms with Crippen molar-refractivity contribution in [3.05, 3.63) is 0 Å². The van der Waals surface area contributed by atoms with Gasteiger partial charge in [-0.05, 0) is 32.2 Å². The molecule has 4 fully saturated rings. The summed E-state index contributed by atoms with van der Waals surface area (Å²) in [4.78, 5) is 38.0. The number of nitrogens with zero attached hydrogens (tertiary/aromatic N) is 2. The summed E-state index contributed by atoms with van der Waals surface area (Å²) < 4.78 is 0. The molecule has 9 nitrogen and oxygen atoms in total. The van der Waals surface area contributed by atoms with Crippen LogP contribution in [0.5, 0.6) is 0 Å². The average molecular weight is 323 g/mol. The molecular weight excluding hydrogens is 302 g/mol. The number of nitrogens with one attached hydrogen (secondary N) is 3. The number of hydrogen-bond donors (Lipinski definition) is 4. The molecule has 23 heavy (non-hydrogen) atoms. The van der Waals surface area contributed by atoms with Gasteiger partial charge in [-0.1, -0.05) is 0 Å². The lowest BCUT2D eigenvalue weighted by Gasteiger charge is -2.47. The average Bonchev–Trinajstić information content (AvgIpc) is 3.36. The van der Waals surface area contributed by atoms with Gasteiger partial charge in [-0.15, -0.1) is 0 Å². The van der Waals surface area contributed by atoms with Crippen molar-refractivity contribution >= 4 is 17.7 Å². The summed E-state index contributed by atoms with van der Waals surface area (Å²) in [7, 11) is 0. The number of hydroxylamine groups is 2. The maximum atomic E-state index is 12.3. The van der Waals surface area contributed by atoms with E-state index >= 15 is 0 Å². The van der Waals surface area contributed by atoms with Crippen LogP contribution in [0.3, 0.4) is 0 Å². The smallest absolute Gasteiger partial charge is 0.270 e. The SMILES string of the molecule is O=C(NNC(=O)[C@@H]1CCC2N(O)C(=O)C23C[N@@]13)[C@@H]1CCCNC1. The fourth-order valence-corrected chi connectivity index (χ4v) is 4.21. The number of hydrogen-bond acceptors (Lipinski definition) is 6. The zero-order valence-corrected chi connectivity index (χ0v) is 12.7. The molecular formula is C14H21N5O4. The van der Waals surface area contributed by atoms with Gasteiger partial charge in [0.1, 0.15) is 5.54 Å². The number of amides is 3. The highest BCUT2D eigenvalue weighted by Crippen LogP contribution is 2.53. The molecule has 1 spiro atoms. The van der Waals surface area contributed by atoms with E-state index in [1.807, 2.05) is 4.90 Å². The van der Waals surface area contributed by atoms with E-state index < -0.39 is 11.6 Å². The minimum Gasteiger partial charge on any atom is -0.316 e. The lowest BCUT2D eigenvalue weighted by atomic mass is 9.81. The lowest BCUT2D eigenvalue weighted by Crippen LogP contribution is -2.71. The van der Waals surface area contributed by atoms with Crippen LogP contribution in [0.1, 0.15) is 25.7 Å². The van der Waals surface area contributed by atoms with E-state index in [2.05, 4.69) is 16.2 Å². The fraction of sp³-hybridized carbons (Fsp3) is 0.786. The molecule has 0 aromatic heterocycles. The molecule has 9 heteroatoms. The Balaban J connectivity index is 1.31. The van der Waals surface area contributed by atoms with Crippen LogP contribution in [-0.4, -0.2) is 70.1 Å². The van der Waals surface area contributed by atoms with Crippen LogP contribution >= 0.6 is 0 Å². The molecule has 5 atom stereocenters. The van der Waals surface area contributed by atoms with Crippen LogP contribution in [-0.2, 0) is 14.4 Å². The van der Waals surface area contributed by atoms with Gasteiger partial charge in [0, 0.05) is 13.1 Å². The Bertz CT molecular complexity index is 563. The molecule has 3 amide bonds. The van der Waals surface area contributed by atoms with Crippen LogP contribution in [0.25, 0.3) is 0 Å². The van der Waals surface area contributed by atoms with Crippen LogP contribution < -0.4 is 16.2 Å². The standard InChI is InChI=1S/C14H21N5O4/c20-11(8-2-1-5-15-6-8)16-17-12(21)9-3-4-10-14(7-18(9)14)13(22)19(10)23/h8-10,15,23H,1-7H2,(H,16,20)(H,17,21)/t8-,9+,10?,14?,18+/m1/s1. The topological polar surface area (TPSA) is 114 Å². The van der Waals surface area contributed by atoms with Crippen molar-refractivity contribution in [2.24, 2.45) is 5.92 Å². The van der Waals surface area contributed by atoms with Crippen molar-refractivity contribution in [3.8, 4) is 0 Å². The van der Waals surface area contributed by atoms with Gasteiger partial charge in [-0.25, -0.2) is 5.06 Å². The van der Waals surface area contributed by atoms with Crippen LogP contribution in [0.4, 0.5) is 0 Å². The molecule has 0 aliphatic carbocycles. The van der Waals surface area contributed by atoms with Crippen molar-refractivity contribution < 1.29 is 19.6 Å². The maximum absolute atomic E-state index is 12.3. The van der Waals surface area contributed by atoms with Crippen LogP contribution in [0.2, 0.25) is 0 Å². The predicted octanol–water partition coefficient (Wildman–Crippen LogP) is -2.05. The highest BCUT2D eigenvalue weighted by atomic mass is 16.5. The third kappa shape index (κ3) is 2.07. The molecule has 126 valence electrons. The van der Waals surface area contributed by atoms with Gasteiger partial charge >= 0.3 is 0 Å². The van der Waals surface area contributed by atoms with Gasteiger partial charge < -0.3 is 5.32 Å². The molecule has 0 radical (unpaired) electrons. The Morgan fingerprint density at radius 3 is 2.74 bits per heavy atom. The Morgan fingerprint density at radius 1 is 1.22 bits per heavy atom. The summed E-state index contributed by atoms with van der Waals surface area (Å²) in [6.45, 7) is 2.06. The summed E-state index contributed by atoms with van der Waals surface area (Å²) in [5, 5.41) is 13.5. The van der Waals surface area contributed by atoms with Crippen molar-refractivity contribution in [1.29, 1.82) is 0 Å². The molecule has 4 heterocycles. The monoisotopic (exact) mass is 323 g/mol. The van der Waals surface area contributed by atoms with E-state index in [4.69, 9.17) is 0 Å². The predicted molar refractivity (Wildman–Crippen MR) is 76.8 cm³/mol. The quantitative estimate of drug-likeness (QED) is 0.201. The first-order chi connectivity index (χ1) is 11.1. The summed E-state index contributed by atoms with van der Waals surface area (Å²) >= 11 is 0. The number of piperidine rings is 2. The minimum atomic E-state index is -0.660. The molecule has 4 saturated heterocycles. The van der Waals surface area contributed by atoms with E-state index in [9.17, 15) is 19.6 Å². The zero-order valence-electron chi connectivity index (χ0n) is 12.7. The van der Waals surface area contributed by atoms with Crippen molar-refractivity contribution in [2.75, 3.05) is 19.6 Å². The normalized spacial score (nSPS) is 41.3. The van der Waals surface area contributed by atoms with Gasteiger partial charge in [0.05, 0.1) is 18.0 Å². The van der Waals surface area contributed by atoms with E-state index in [1.165, 1.54) is 0 Å². The number of hydrazine groups is 1. The van der Waals surface area contributed by atoms with Crippen molar-refractivity contribution in [3.63, 3.8) is 0 Å². The molecule has 4 aliphatic rings. The molecule has 4 aliphatic heterocycles. The van der Waals surface area contributed by atoms with E-state index in [0.29, 0.717) is 25.9 Å². The first-order valence-electron chi connectivity index (χ1n) is 8.15. The Morgan fingerprint density at radius 2 is 2.00 bits per heavy atom. The maximum Gasteiger partial charge on any atom is 0.270 e. The molecule has 0 bridgehead atoms. The summed E-state index contributed by atoms with van der Waals surface area (Å²) in [5.74, 6) is -0.913. The van der Waals surface area contributed by atoms with E-state index in [1.54, 1.807) is 0 Å². The number of carbonyl (C=O) groups is 3. The Labute approximate surface area is 133 Å². The first-order valence-corrected chi connectivity index (χ1v) is 8.15. The Hall–Kier alpha value is -1.71. The molecule has 0 aromatic rings.